The van der Waals surface area contributed by atoms with Gasteiger partial charge < -0.3 is 19.5 Å². The first-order chi connectivity index (χ1) is 14.3. The van der Waals surface area contributed by atoms with E-state index in [1.165, 1.54) is 0 Å². The smallest absolute Gasteiger partial charge is 0.846 e. The van der Waals surface area contributed by atoms with Gasteiger partial charge >= 0.3 is 37.8 Å². The third kappa shape index (κ3) is 12.0. The zero-order valence-corrected chi connectivity index (χ0v) is 23.3. The first-order valence-corrected chi connectivity index (χ1v) is 12.4. The van der Waals surface area contributed by atoms with Crippen LogP contribution in [0.15, 0.2) is 4.99 Å². The predicted molar refractivity (Wildman–Crippen MR) is 117 cm³/mol. The fourth-order valence-electron chi connectivity index (χ4n) is 3.36. The minimum atomic E-state index is -2.20. The molecule has 31 heavy (non-hydrogen) atoms. The second kappa shape index (κ2) is 19.2. The van der Waals surface area contributed by atoms with Crippen LogP contribution in [0.3, 0.4) is 0 Å². The number of rotatable bonds is 14. The van der Waals surface area contributed by atoms with E-state index in [1.807, 2.05) is 13.8 Å². The van der Waals surface area contributed by atoms with Gasteiger partial charge in [-0.25, -0.2) is 4.99 Å². The van der Waals surface area contributed by atoms with Crippen molar-refractivity contribution in [2.24, 2.45) is 16.3 Å². The average molecular weight is 471 g/mol. The molecule has 0 fully saturated rings. The van der Waals surface area contributed by atoms with Gasteiger partial charge in [-0.1, -0.05) is 66.7 Å². The molecule has 0 saturated carbocycles. The number of hydrogen-bond acceptors (Lipinski definition) is 6. The third-order valence-electron chi connectivity index (χ3n) is 5.27. The average Bonchev–Trinajstić information content (AvgIpc) is 2.69. The predicted octanol–water partition coefficient (Wildman–Crippen LogP) is 0.985. The van der Waals surface area contributed by atoms with E-state index in [1.54, 1.807) is 6.92 Å². The Morgan fingerprint density at radius 3 is 1.90 bits per heavy atom. The molecule has 0 aromatic carbocycles. The van der Waals surface area contributed by atoms with Crippen LogP contribution in [0.4, 0.5) is 0 Å². The normalized spacial score (nSPS) is 19.1. The molecule has 0 bridgehead atoms. The Labute approximate surface area is 210 Å². The summed E-state index contributed by atoms with van der Waals surface area (Å²) in [6.45, 7) is 11.0. The fraction of sp³-hybridized carbons (Fsp3) is 0.857. The quantitative estimate of drug-likeness (QED) is 0.175. The maximum absolute atomic E-state index is 11.9. The van der Waals surface area contributed by atoms with E-state index in [9.17, 15) is 19.3 Å². The Kier molecular flexibility index (Phi) is 20.5. The van der Waals surface area contributed by atoms with Crippen molar-refractivity contribution in [3.05, 3.63) is 0 Å². The second-order valence-corrected chi connectivity index (χ2v) is 8.63. The van der Waals surface area contributed by atoms with Crippen LogP contribution in [0.1, 0.15) is 92.4 Å². The molecule has 0 spiro atoms. The van der Waals surface area contributed by atoms with E-state index in [2.05, 4.69) is 24.2 Å². The van der Waals surface area contributed by atoms with Crippen LogP contribution in [0.25, 0.3) is 0 Å². The van der Waals surface area contributed by atoms with Crippen LogP contribution in [-0.4, -0.2) is 31.0 Å². The minimum absolute atomic E-state index is 0. The van der Waals surface area contributed by atoms with Crippen LogP contribution in [0.5, 0.6) is 0 Å². The molecule has 2 amide bonds. The third-order valence-corrected chi connectivity index (χ3v) is 6.15. The second-order valence-electron chi connectivity index (χ2n) is 7.55. The molecule has 8 nitrogen and oxygen atoms in total. The molecule has 0 aromatic heterocycles. The van der Waals surface area contributed by atoms with Crippen molar-refractivity contribution < 1.29 is 57.9 Å². The number of nitrogens with one attached hydrogen (secondary N) is 1. The number of unbranched alkanes of at least 4 members (excludes halogenated alkanes) is 4. The summed E-state index contributed by atoms with van der Waals surface area (Å²) in [5.41, 5.74) is -1.15. The number of hydrogen-bond donors (Lipinski definition) is 1. The summed E-state index contributed by atoms with van der Waals surface area (Å²) in [7, 11) is -2.20. The topological polar surface area (TPSA) is 117 Å². The number of carbonyl (C=O) groups is 2. The first-order valence-electron chi connectivity index (χ1n) is 11.2. The van der Waals surface area contributed by atoms with E-state index in [0.29, 0.717) is 19.6 Å². The van der Waals surface area contributed by atoms with Crippen molar-refractivity contribution in [2.45, 2.75) is 92.4 Å². The van der Waals surface area contributed by atoms with Crippen molar-refractivity contribution in [2.75, 3.05) is 13.2 Å². The molecule has 0 aliphatic carbocycles. The van der Waals surface area contributed by atoms with Gasteiger partial charge in [-0.05, 0) is 31.6 Å². The summed E-state index contributed by atoms with van der Waals surface area (Å²) in [6, 6.07) is -0.845. The van der Waals surface area contributed by atoms with Crippen LogP contribution >= 0.6 is 8.25 Å². The molecular formula is C21H40N2NaO6P. The molecular weight excluding hydrogens is 430 g/mol. The largest absolute Gasteiger partial charge is 1.00 e. The molecule has 1 aliphatic heterocycles. The Morgan fingerprint density at radius 1 is 1.00 bits per heavy atom. The number of carbonyl (C=O) groups excluding carboxylic acids is 2. The van der Waals surface area contributed by atoms with Gasteiger partial charge in [0.15, 0.2) is 0 Å². The maximum atomic E-state index is 11.9. The van der Waals surface area contributed by atoms with Crippen molar-refractivity contribution >= 4 is 26.1 Å². The Hall–Kier alpha value is -0.240. The summed E-state index contributed by atoms with van der Waals surface area (Å²) in [5.74, 6) is -1.20. The van der Waals surface area contributed by atoms with Crippen molar-refractivity contribution in [3.8, 4) is 0 Å². The summed E-state index contributed by atoms with van der Waals surface area (Å²) < 4.78 is 21.2. The number of amidine groups is 1. The van der Waals surface area contributed by atoms with Gasteiger partial charge in [-0.3, -0.25) is 14.2 Å². The van der Waals surface area contributed by atoms with Crippen LogP contribution in [-0.2, 0) is 23.2 Å². The zero-order valence-electron chi connectivity index (χ0n) is 20.3. The summed E-state index contributed by atoms with van der Waals surface area (Å²) in [6.07, 6.45) is 8.54. The maximum Gasteiger partial charge on any atom is 1.00 e. The standard InChI is InChI=1S/C11H18N2O3.C10H23O3P.Na/c1-4-6-7(3)11(5-2)8(14)12-10(16)13-9(11)15;1-3-5-7-9-12-14(11)13-10-8-6-4-2;/h7H,4-6H2,1-3H3,(H2,12,13,14,15,16);14H,3-10H2,1-2H3;/q;;+1/p-1. The molecule has 176 valence electrons. The van der Waals surface area contributed by atoms with Crippen molar-refractivity contribution in [1.82, 2.24) is 5.32 Å². The van der Waals surface area contributed by atoms with Crippen LogP contribution < -0.4 is 40.0 Å². The van der Waals surface area contributed by atoms with E-state index in [-0.39, 0.29) is 35.5 Å². The molecule has 1 rings (SSSR count). The molecule has 1 N–H and O–H groups in total. The molecule has 2 unspecified atom stereocenters. The van der Waals surface area contributed by atoms with E-state index in [4.69, 9.17) is 9.05 Å². The summed E-state index contributed by atoms with van der Waals surface area (Å²) >= 11 is 0. The Balaban J connectivity index is 0. The number of nitrogens with zero attached hydrogens (tertiary/aromatic N) is 1. The van der Waals surface area contributed by atoms with Gasteiger partial charge in [0.2, 0.25) is 5.91 Å². The summed E-state index contributed by atoms with van der Waals surface area (Å²) in [5, 5.41) is 13.1. The minimum Gasteiger partial charge on any atom is -0.846 e. The van der Waals surface area contributed by atoms with Gasteiger partial charge in [0, 0.05) is 0 Å². The molecule has 1 aliphatic rings. The number of aliphatic imine (C=N–C) groups is 1. The Bertz CT molecular complexity index is 562. The van der Waals surface area contributed by atoms with Gasteiger partial charge in [0.25, 0.3) is 5.91 Å². The van der Waals surface area contributed by atoms with E-state index < -0.39 is 31.5 Å². The molecule has 0 saturated heterocycles. The SMILES string of the molecule is CCCC(C)C1(CC)C(=O)N=C([O-])NC1=O.CCCCCO[PH](=O)OCCCCC.[Na+]. The zero-order chi connectivity index (χ0) is 23.0. The summed E-state index contributed by atoms with van der Waals surface area (Å²) in [4.78, 5) is 27.1. The van der Waals surface area contributed by atoms with E-state index in [0.717, 1.165) is 51.4 Å². The molecule has 10 heteroatoms. The molecule has 0 aromatic rings. The van der Waals surface area contributed by atoms with Crippen LogP contribution in [0, 0.1) is 11.3 Å². The monoisotopic (exact) mass is 470 g/mol. The van der Waals surface area contributed by atoms with Crippen molar-refractivity contribution in [3.63, 3.8) is 0 Å². The van der Waals surface area contributed by atoms with E-state index >= 15 is 0 Å². The van der Waals surface area contributed by atoms with Gasteiger partial charge in [-0.2, -0.15) is 0 Å². The van der Waals surface area contributed by atoms with Crippen LogP contribution in [0.2, 0.25) is 0 Å². The molecule has 0 radical (unpaired) electrons. The van der Waals surface area contributed by atoms with Gasteiger partial charge in [0.1, 0.15) is 5.41 Å². The first kappa shape index (κ1) is 32.9. The van der Waals surface area contributed by atoms with Gasteiger partial charge in [0.05, 0.1) is 19.2 Å². The molecule has 1 heterocycles. The Morgan fingerprint density at radius 2 is 1.52 bits per heavy atom. The van der Waals surface area contributed by atoms with Crippen molar-refractivity contribution in [1.29, 1.82) is 0 Å². The fourth-order valence-corrected chi connectivity index (χ4v) is 4.06. The number of amides is 2. The van der Waals surface area contributed by atoms with Gasteiger partial charge in [-0.15, -0.1) is 0 Å². The molecule has 2 atom stereocenters.